The van der Waals surface area contributed by atoms with Gasteiger partial charge in [0.2, 0.25) is 0 Å². The minimum atomic E-state index is -0.335. The van der Waals surface area contributed by atoms with Gasteiger partial charge in [-0.25, -0.2) is 5.43 Å². The van der Waals surface area contributed by atoms with Crippen LogP contribution in [0, 0.1) is 0 Å². The second kappa shape index (κ2) is 10.2. The molecule has 1 amide bonds. The highest BCUT2D eigenvalue weighted by Gasteiger charge is 2.07. The molecule has 4 nitrogen and oxygen atoms in total. The SMILES string of the molecule is CC/C(=N/NC(=O)COc1ccc(Cl)cc1Br)c1ccc(-c2ccccc2)cc1. The van der Waals surface area contributed by atoms with Gasteiger partial charge in [0.25, 0.3) is 5.91 Å². The minimum absolute atomic E-state index is 0.145. The summed E-state index contributed by atoms with van der Waals surface area (Å²) in [6.45, 7) is 1.85. The van der Waals surface area contributed by atoms with Crippen molar-refractivity contribution in [2.75, 3.05) is 6.61 Å². The van der Waals surface area contributed by atoms with Crippen molar-refractivity contribution in [1.82, 2.24) is 5.43 Å². The molecule has 0 spiro atoms. The second-order valence-corrected chi connectivity index (χ2v) is 7.54. The highest BCUT2D eigenvalue weighted by atomic mass is 79.9. The zero-order valence-corrected chi connectivity index (χ0v) is 18.2. The van der Waals surface area contributed by atoms with Crippen LogP contribution in [-0.2, 0) is 4.79 Å². The van der Waals surface area contributed by atoms with E-state index in [0.29, 0.717) is 21.7 Å². The van der Waals surface area contributed by atoms with Gasteiger partial charge in [-0.1, -0.05) is 73.1 Å². The van der Waals surface area contributed by atoms with Crippen LogP contribution in [0.25, 0.3) is 11.1 Å². The summed E-state index contributed by atoms with van der Waals surface area (Å²) in [6.07, 6.45) is 0.689. The molecule has 6 heteroatoms. The van der Waals surface area contributed by atoms with Crippen LogP contribution in [0.4, 0.5) is 0 Å². The number of nitrogens with one attached hydrogen (secondary N) is 1. The molecule has 0 aliphatic carbocycles. The summed E-state index contributed by atoms with van der Waals surface area (Å²) >= 11 is 9.26. The highest BCUT2D eigenvalue weighted by Crippen LogP contribution is 2.27. The fourth-order valence-corrected chi connectivity index (χ4v) is 3.53. The minimum Gasteiger partial charge on any atom is -0.483 e. The fraction of sp³-hybridized carbons (Fsp3) is 0.130. The van der Waals surface area contributed by atoms with Gasteiger partial charge in [0.15, 0.2) is 6.61 Å². The summed E-state index contributed by atoms with van der Waals surface area (Å²) in [5.41, 5.74) is 6.62. The van der Waals surface area contributed by atoms with E-state index >= 15 is 0 Å². The van der Waals surface area contributed by atoms with E-state index in [0.717, 1.165) is 22.4 Å². The van der Waals surface area contributed by atoms with Gasteiger partial charge in [-0.05, 0) is 57.2 Å². The monoisotopic (exact) mass is 470 g/mol. The summed E-state index contributed by atoms with van der Waals surface area (Å²) in [7, 11) is 0. The van der Waals surface area contributed by atoms with Crippen LogP contribution >= 0.6 is 27.5 Å². The molecule has 0 saturated heterocycles. The van der Waals surface area contributed by atoms with Crippen molar-refractivity contribution < 1.29 is 9.53 Å². The van der Waals surface area contributed by atoms with E-state index in [2.05, 4.69) is 50.7 Å². The van der Waals surface area contributed by atoms with Crippen molar-refractivity contribution in [3.63, 3.8) is 0 Å². The zero-order valence-electron chi connectivity index (χ0n) is 15.9. The van der Waals surface area contributed by atoms with Crippen LogP contribution in [0.2, 0.25) is 5.02 Å². The molecule has 0 bridgehead atoms. The molecule has 0 atom stereocenters. The summed E-state index contributed by atoms with van der Waals surface area (Å²) in [5.74, 6) is 0.208. The van der Waals surface area contributed by atoms with E-state index in [9.17, 15) is 4.79 Å². The van der Waals surface area contributed by atoms with Crippen LogP contribution in [0.15, 0.2) is 82.4 Å². The molecule has 0 fully saturated rings. The zero-order chi connectivity index (χ0) is 20.6. The topological polar surface area (TPSA) is 50.7 Å². The van der Waals surface area contributed by atoms with Gasteiger partial charge in [0, 0.05) is 5.02 Å². The van der Waals surface area contributed by atoms with E-state index in [4.69, 9.17) is 16.3 Å². The average molecular weight is 472 g/mol. The molecule has 1 N–H and O–H groups in total. The quantitative estimate of drug-likeness (QED) is 0.335. The molecular formula is C23H20BrClN2O2. The number of amides is 1. The first-order chi connectivity index (χ1) is 14.1. The first kappa shape index (κ1) is 21.1. The molecule has 29 heavy (non-hydrogen) atoms. The van der Waals surface area contributed by atoms with Crippen molar-refractivity contribution in [1.29, 1.82) is 0 Å². The first-order valence-corrected chi connectivity index (χ1v) is 10.3. The smallest absolute Gasteiger partial charge is 0.277 e. The lowest BCUT2D eigenvalue weighted by Gasteiger charge is -2.09. The van der Waals surface area contributed by atoms with Crippen molar-refractivity contribution in [2.24, 2.45) is 5.10 Å². The second-order valence-electron chi connectivity index (χ2n) is 6.25. The largest absolute Gasteiger partial charge is 0.483 e. The number of hydrogen-bond acceptors (Lipinski definition) is 3. The molecule has 3 aromatic rings. The Kier molecular flexibility index (Phi) is 7.44. The number of halogens is 2. The Hall–Kier alpha value is -2.63. The van der Waals surface area contributed by atoms with Gasteiger partial charge in [-0.2, -0.15) is 5.10 Å². The standard InChI is InChI=1S/C23H20BrClN2O2/c1-2-21(18-10-8-17(9-11-18)16-6-4-3-5-7-16)26-27-23(28)15-29-22-13-12-19(25)14-20(22)24/h3-14H,2,15H2,1H3,(H,27,28)/b26-21-. The lowest BCUT2D eigenvalue weighted by atomic mass is 10.0. The van der Waals surface area contributed by atoms with Gasteiger partial charge in [0.05, 0.1) is 10.2 Å². The summed E-state index contributed by atoms with van der Waals surface area (Å²) in [6, 6.07) is 23.4. The third kappa shape index (κ3) is 5.92. The molecular weight excluding hydrogens is 452 g/mol. The fourth-order valence-electron chi connectivity index (χ4n) is 2.73. The lowest BCUT2D eigenvalue weighted by Crippen LogP contribution is -2.26. The highest BCUT2D eigenvalue weighted by molar-refractivity contribution is 9.10. The maximum absolute atomic E-state index is 12.1. The number of hydrazone groups is 1. The van der Waals surface area contributed by atoms with E-state index in [1.165, 1.54) is 0 Å². The maximum Gasteiger partial charge on any atom is 0.277 e. The number of nitrogens with zero attached hydrogens (tertiary/aromatic N) is 1. The van der Waals surface area contributed by atoms with Crippen LogP contribution in [0.3, 0.4) is 0 Å². The number of ether oxygens (including phenoxy) is 1. The third-order valence-corrected chi connectivity index (χ3v) is 5.08. The Morgan fingerprint density at radius 1 is 1.03 bits per heavy atom. The molecule has 0 heterocycles. The van der Waals surface area contributed by atoms with Gasteiger partial charge >= 0.3 is 0 Å². The Bertz CT molecular complexity index is 1010. The summed E-state index contributed by atoms with van der Waals surface area (Å²) < 4.78 is 6.19. The van der Waals surface area contributed by atoms with Crippen LogP contribution in [0.5, 0.6) is 5.75 Å². The molecule has 0 saturated carbocycles. The number of rotatable bonds is 7. The number of hydrogen-bond donors (Lipinski definition) is 1. The van der Waals surface area contributed by atoms with Gasteiger partial charge in [-0.3, -0.25) is 4.79 Å². The van der Waals surface area contributed by atoms with Crippen molar-refractivity contribution in [3.05, 3.63) is 87.9 Å². The molecule has 3 rings (SSSR count). The van der Waals surface area contributed by atoms with Crippen LogP contribution in [0.1, 0.15) is 18.9 Å². The maximum atomic E-state index is 12.1. The first-order valence-electron chi connectivity index (χ1n) is 9.16. The molecule has 0 radical (unpaired) electrons. The molecule has 0 aromatic heterocycles. The lowest BCUT2D eigenvalue weighted by molar-refractivity contribution is -0.123. The van der Waals surface area contributed by atoms with Crippen LogP contribution < -0.4 is 10.2 Å². The van der Waals surface area contributed by atoms with Gasteiger partial charge in [0.1, 0.15) is 5.75 Å². The van der Waals surface area contributed by atoms with Crippen LogP contribution in [-0.4, -0.2) is 18.2 Å². The predicted octanol–water partition coefficient (Wildman–Crippen LogP) is 6.08. The Balaban J connectivity index is 1.61. The van der Waals surface area contributed by atoms with Crippen molar-refractivity contribution >= 4 is 39.1 Å². The Morgan fingerprint density at radius 2 is 1.72 bits per heavy atom. The molecule has 0 aliphatic heterocycles. The number of carbonyl (C=O) groups excluding carboxylic acids is 1. The third-order valence-electron chi connectivity index (χ3n) is 4.23. The summed E-state index contributed by atoms with van der Waals surface area (Å²) in [4.78, 5) is 12.1. The van der Waals surface area contributed by atoms with Gasteiger partial charge < -0.3 is 4.74 Å². The van der Waals surface area contributed by atoms with E-state index in [-0.39, 0.29) is 12.5 Å². The summed E-state index contributed by atoms with van der Waals surface area (Å²) in [5, 5.41) is 4.86. The molecule has 0 aliphatic rings. The van der Waals surface area contributed by atoms with Gasteiger partial charge in [-0.15, -0.1) is 0 Å². The van der Waals surface area contributed by atoms with E-state index in [1.807, 2.05) is 37.3 Å². The molecule has 3 aromatic carbocycles. The number of benzene rings is 3. The average Bonchev–Trinajstić information content (AvgIpc) is 2.74. The molecule has 148 valence electrons. The Morgan fingerprint density at radius 3 is 2.38 bits per heavy atom. The predicted molar refractivity (Wildman–Crippen MR) is 121 cm³/mol. The van der Waals surface area contributed by atoms with E-state index in [1.54, 1.807) is 18.2 Å². The number of carbonyl (C=O) groups is 1. The normalized spacial score (nSPS) is 11.2. The molecule has 0 unspecified atom stereocenters. The Labute approximate surface area is 183 Å². The van der Waals surface area contributed by atoms with Crippen molar-refractivity contribution in [2.45, 2.75) is 13.3 Å². The van der Waals surface area contributed by atoms with Crippen molar-refractivity contribution in [3.8, 4) is 16.9 Å². The van der Waals surface area contributed by atoms with E-state index < -0.39 is 0 Å².